The summed E-state index contributed by atoms with van der Waals surface area (Å²) < 4.78 is 44.5. The number of amides is 1. The monoisotopic (exact) mass is 442 g/mol. The van der Waals surface area contributed by atoms with E-state index in [1.54, 1.807) is 6.07 Å². The summed E-state index contributed by atoms with van der Waals surface area (Å²) in [5, 5.41) is 4.19. The van der Waals surface area contributed by atoms with Crippen LogP contribution in [0.5, 0.6) is 0 Å². The van der Waals surface area contributed by atoms with Crippen molar-refractivity contribution >= 4 is 17.4 Å². The van der Waals surface area contributed by atoms with Crippen LogP contribution in [-0.2, 0) is 15.7 Å². The molecule has 0 radical (unpaired) electrons. The molecule has 1 aliphatic rings. The molecule has 4 rings (SSSR count). The largest absolute Gasteiger partial charge is 0.416 e. The summed E-state index contributed by atoms with van der Waals surface area (Å²) in [7, 11) is 0. The van der Waals surface area contributed by atoms with Crippen molar-refractivity contribution in [1.82, 2.24) is 14.8 Å². The van der Waals surface area contributed by atoms with E-state index in [1.807, 2.05) is 0 Å². The Morgan fingerprint density at radius 2 is 1.84 bits per heavy atom. The lowest BCUT2D eigenvalue weighted by atomic mass is 10.1. The van der Waals surface area contributed by atoms with E-state index in [2.05, 4.69) is 15.1 Å². The Labute approximate surface area is 178 Å². The minimum absolute atomic E-state index is 0.0553. The van der Waals surface area contributed by atoms with Gasteiger partial charge in [-0.3, -0.25) is 19.4 Å². The van der Waals surface area contributed by atoms with Gasteiger partial charge in [0.25, 0.3) is 11.5 Å². The molecule has 1 aliphatic heterocycles. The minimum atomic E-state index is -4.52. The predicted octanol–water partition coefficient (Wildman–Crippen LogP) is 2.49. The average Bonchev–Trinajstić information content (AvgIpc) is 3.18. The molecule has 162 valence electrons. The Bertz CT molecular complexity index is 1280. The third kappa shape index (κ3) is 4.23. The number of Topliss-reactive ketones (excluding diaryl/α,β-unsaturated/α-hetero) is 1. The summed E-state index contributed by atoms with van der Waals surface area (Å²) >= 11 is 0. The molecule has 0 N–H and O–H groups in total. The first-order valence-electron chi connectivity index (χ1n) is 9.19. The third-order valence-corrected chi connectivity index (χ3v) is 4.57. The molecule has 3 heterocycles. The SMILES string of the molecule is O=C1COCC1=NC(=O)c1cc(-c2ccc(C(F)(F)F)cc2)nn(-c2cccnc2)c1=O. The van der Waals surface area contributed by atoms with Gasteiger partial charge in [0, 0.05) is 11.8 Å². The lowest BCUT2D eigenvalue weighted by Gasteiger charge is -2.11. The number of rotatable bonds is 3. The summed E-state index contributed by atoms with van der Waals surface area (Å²) in [4.78, 5) is 45.0. The van der Waals surface area contributed by atoms with Crippen molar-refractivity contribution in [1.29, 1.82) is 0 Å². The molecule has 32 heavy (non-hydrogen) atoms. The first kappa shape index (κ1) is 21.2. The zero-order valence-electron chi connectivity index (χ0n) is 16.2. The van der Waals surface area contributed by atoms with Crippen molar-refractivity contribution < 1.29 is 27.5 Å². The van der Waals surface area contributed by atoms with Crippen molar-refractivity contribution in [2.24, 2.45) is 4.99 Å². The molecule has 1 amide bonds. The first-order valence-corrected chi connectivity index (χ1v) is 9.19. The highest BCUT2D eigenvalue weighted by Gasteiger charge is 2.30. The molecule has 1 saturated heterocycles. The lowest BCUT2D eigenvalue weighted by Crippen LogP contribution is -2.28. The Hall–Kier alpha value is -3.99. The fourth-order valence-electron chi connectivity index (χ4n) is 2.95. The lowest BCUT2D eigenvalue weighted by molar-refractivity contribution is -0.137. The number of pyridine rings is 1. The summed E-state index contributed by atoms with van der Waals surface area (Å²) in [6.45, 7) is -0.364. The van der Waals surface area contributed by atoms with Gasteiger partial charge in [-0.25, -0.2) is 4.99 Å². The van der Waals surface area contributed by atoms with Crippen molar-refractivity contribution in [3.63, 3.8) is 0 Å². The number of halogens is 3. The Morgan fingerprint density at radius 3 is 2.44 bits per heavy atom. The number of aliphatic imine (C=N–C) groups is 1. The van der Waals surface area contributed by atoms with Crippen LogP contribution in [0.15, 0.2) is 64.6 Å². The summed E-state index contributed by atoms with van der Waals surface area (Å²) in [6, 6.07) is 8.29. The number of carbonyl (C=O) groups excluding carboxylic acids is 2. The number of carbonyl (C=O) groups is 2. The highest BCUT2D eigenvalue weighted by molar-refractivity contribution is 6.44. The Balaban J connectivity index is 1.85. The van der Waals surface area contributed by atoms with Crippen molar-refractivity contribution in [3.05, 3.63) is 76.3 Å². The van der Waals surface area contributed by atoms with E-state index in [9.17, 15) is 27.6 Å². The number of nitrogens with zero attached hydrogens (tertiary/aromatic N) is 4. The maximum absolute atomic E-state index is 13.0. The van der Waals surface area contributed by atoms with E-state index in [0.717, 1.165) is 22.9 Å². The van der Waals surface area contributed by atoms with Crippen LogP contribution in [0.4, 0.5) is 13.2 Å². The second kappa shape index (κ2) is 8.27. The van der Waals surface area contributed by atoms with Crippen LogP contribution in [0.3, 0.4) is 0 Å². The van der Waals surface area contributed by atoms with Gasteiger partial charge in [-0.1, -0.05) is 12.1 Å². The average molecular weight is 442 g/mol. The number of ketones is 1. The van der Waals surface area contributed by atoms with Crippen LogP contribution in [0.25, 0.3) is 16.9 Å². The van der Waals surface area contributed by atoms with Crippen molar-refractivity contribution in [2.75, 3.05) is 13.2 Å². The fourth-order valence-corrected chi connectivity index (χ4v) is 2.95. The van der Waals surface area contributed by atoms with Gasteiger partial charge >= 0.3 is 6.18 Å². The molecular weight excluding hydrogens is 429 g/mol. The number of benzene rings is 1. The molecule has 8 nitrogen and oxygen atoms in total. The van der Waals surface area contributed by atoms with E-state index in [0.29, 0.717) is 0 Å². The molecule has 1 aromatic carbocycles. The van der Waals surface area contributed by atoms with Gasteiger partial charge in [-0.05, 0) is 30.3 Å². The molecule has 0 atom stereocenters. The van der Waals surface area contributed by atoms with E-state index < -0.39 is 34.6 Å². The first-order chi connectivity index (χ1) is 15.2. The zero-order valence-corrected chi connectivity index (χ0v) is 16.2. The van der Waals surface area contributed by atoms with Gasteiger partial charge in [-0.15, -0.1) is 0 Å². The highest BCUT2D eigenvalue weighted by Crippen LogP contribution is 2.30. The maximum atomic E-state index is 13.0. The molecule has 11 heteroatoms. The molecular formula is C21H13F3N4O4. The van der Waals surface area contributed by atoms with E-state index >= 15 is 0 Å². The molecule has 0 spiro atoms. The van der Waals surface area contributed by atoms with Gasteiger partial charge in [0.2, 0.25) is 5.78 Å². The summed E-state index contributed by atoms with van der Waals surface area (Å²) in [5.74, 6) is -1.46. The van der Waals surface area contributed by atoms with Crippen LogP contribution in [-0.4, -0.2) is 45.4 Å². The normalized spacial score (nSPS) is 15.3. The second-order valence-electron chi connectivity index (χ2n) is 6.73. The number of hydrogen-bond donors (Lipinski definition) is 0. The Morgan fingerprint density at radius 1 is 1.09 bits per heavy atom. The minimum Gasteiger partial charge on any atom is -0.367 e. The molecule has 0 bridgehead atoms. The van der Waals surface area contributed by atoms with Gasteiger partial charge in [0.1, 0.15) is 17.9 Å². The van der Waals surface area contributed by atoms with E-state index in [1.165, 1.54) is 30.6 Å². The van der Waals surface area contributed by atoms with Gasteiger partial charge in [-0.2, -0.15) is 23.0 Å². The molecule has 2 aromatic heterocycles. The Kier molecular flexibility index (Phi) is 5.49. The zero-order chi connectivity index (χ0) is 22.9. The number of aromatic nitrogens is 3. The molecule has 1 fully saturated rings. The smallest absolute Gasteiger partial charge is 0.367 e. The quantitative estimate of drug-likeness (QED) is 0.618. The standard InChI is InChI=1S/C21H13F3N4O4/c22-21(23,24)13-5-3-12(4-6-13)16-8-15(19(30)26-17-10-32-11-18(17)29)20(31)28(27-16)14-2-1-7-25-9-14/h1-9H,10-11H2. The molecule has 0 aliphatic carbocycles. The van der Waals surface area contributed by atoms with Crippen LogP contribution < -0.4 is 5.56 Å². The third-order valence-electron chi connectivity index (χ3n) is 4.57. The van der Waals surface area contributed by atoms with Crippen LogP contribution >= 0.6 is 0 Å². The van der Waals surface area contributed by atoms with Crippen LogP contribution in [0.2, 0.25) is 0 Å². The number of alkyl halides is 3. The molecule has 3 aromatic rings. The highest BCUT2D eigenvalue weighted by atomic mass is 19.4. The predicted molar refractivity (Wildman–Crippen MR) is 106 cm³/mol. The van der Waals surface area contributed by atoms with E-state index in [-0.39, 0.29) is 35.9 Å². The molecule has 0 unspecified atom stereocenters. The van der Waals surface area contributed by atoms with Gasteiger partial charge < -0.3 is 4.74 Å². The summed E-state index contributed by atoms with van der Waals surface area (Å²) in [6.07, 6.45) is -1.72. The maximum Gasteiger partial charge on any atom is 0.416 e. The molecule has 0 saturated carbocycles. The number of ether oxygens (including phenoxy) is 1. The van der Waals surface area contributed by atoms with Crippen LogP contribution in [0, 0.1) is 0 Å². The summed E-state index contributed by atoms with van der Waals surface area (Å²) in [5.41, 5.74) is -1.69. The van der Waals surface area contributed by atoms with Gasteiger partial charge in [0.05, 0.1) is 29.7 Å². The van der Waals surface area contributed by atoms with Crippen LogP contribution in [0.1, 0.15) is 15.9 Å². The van der Waals surface area contributed by atoms with Gasteiger partial charge in [0.15, 0.2) is 0 Å². The van der Waals surface area contributed by atoms with Crippen molar-refractivity contribution in [2.45, 2.75) is 6.18 Å². The fraction of sp³-hybridized carbons (Fsp3) is 0.143. The van der Waals surface area contributed by atoms with E-state index in [4.69, 9.17) is 4.74 Å². The number of hydrogen-bond acceptors (Lipinski definition) is 6. The van der Waals surface area contributed by atoms with Crippen molar-refractivity contribution in [3.8, 4) is 16.9 Å². The topological polar surface area (TPSA) is 104 Å². The second-order valence-corrected chi connectivity index (χ2v) is 6.73.